The van der Waals surface area contributed by atoms with Gasteiger partial charge in [-0.15, -0.1) is 0 Å². The first-order chi connectivity index (χ1) is 11.4. The summed E-state index contributed by atoms with van der Waals surface area (Å²) in [5, 5.41) is 20.1. The standard InChI is InChI=1S/C16H17BrN2O5/c17-14-6-11(19(23)24)4-3-10(14)5-15(20)18-7-12(9-1-2-9)13(8-18)16(21)22/h3-4,6,9,12-13H,1-2,5,7-8H2,(H,21,22)/t12-,13+/m1/s1. The van der Waals surface area contributed by atoms with E-state index in [1.54, 1.807) is 11.0 Å². The van der Waals surface area contributed by atoms with Crippen molar-refractivity contribution in [1.29, 1.82) is 0 Å². The zero-order valence-corrected chi connectivity index (χ0v) is 14.4. The van der Waals surface area contributed by atoms with Crippen LogP contribution in [-0.4, -0.2) is 39.9 Å². The Morgan fingerprint density at radius 1 is 1.33 bits per heavy atom. The average Bonchev–Trinajstić information content (AvgIpc) is 3.26. The summed E-state index contributed by atoms with van der Waals surface area (Å²) in [6.07, 6.45) is 2.19. The molecule has 1 saturated carbocycles. The SMILES string of the molecule is O=C(O)[C@H]1CN(C(=O)Cc2ccc([N+](=O)[O-])cc2Br)C[C@@H]1C1CC1. The third-order valence-corrected chi connectivity index (χ3v) is 5.59. The summed E-state index contributed by atoms with van der Waals surface area (Å²) in [5.41, 5.74) is 0.617. The maximum Gasteiger partial charge on any atom is 0.308 e. The molecule has 1 saturated heterocycles. The van der Waals surface area contributed by atoms with Crippen LogP contribution in [0.3, 0.4) is 0 Å². The number of carboxylic acids is 1. The molecular formula is C16H17BrN2O5. The summed E-state index contributed by atoms with van der Waals surface area (Å²) >= 11 is 3.26. The van der Waals surface area contributed by atoms with Crippen molar-refractivity contribution in [2.24, 2.45) is 17.8 Å². The van der Waals surface area contributed by atoms with Crippen LogP contribution in [0.4, 0.5) is 5.69 Å². The second-order valence-corrected chi connectivity index (χ2v) is 7.31. The smallest absolute Gasteiger partial charge is 0.308 e. The highest BCUT2D eigenvalue weighted by atomic mass is 79.9. The van der Waals surface area contributed by atoms with Gasteiger partial charge in [-0.3, -0.25) is 19.7 Å². The van der Waals surface area contributed by atoms with Crippen LogP contribution in [0.5, 0.6) is 0 Å². The molecule has 0 bridgehead atoms. The highest BCUT2D eigenvalue weighted by molar-refractivity contribution is 9.10. The van der Waals surface area contributed by atoms with Crippen LogP contribution in [0.25, 0.3) is 0 Å². The molecule has 1 amide bonds. The van der Waals surface area contributed by atoms with E-state index in [1.807, 2.05) is 0 Å². The molecule has 0 aromatic heterocycles. The maximum atomic E-state index is 12.5. The number of hydrogen-bond acceptors (Lipinski definition) is 4. The monoisotopic (exact) mass is 396 g/mol. The van der Waals surface area contributed by atoms with Crippen LogP contribution < -0.4 is 0 Å². The Balaban J connectivity index is 1.69. The van der Waals surface area contributed by atoms with E-state index >= 15 is 0 Å². The molecule has 2 aliphatic rings. The quantitative estimate of drug-likeness (QED) is 0.608. The third-order valence-electron chi connectivity index (χ3n) is 4.85. The molecule has 1 aromatic carbocycles. The highest BCUT2D eigenvalue weighted by Crippen LogP contribution is 2.44. The Labute approximate surface area is 146 Å². The summed E-state index contributed by atoms with van der Waals surface area (Å²) in [6.45, 7) is 0.741. The largest absolute Gasteiger partial charge is 0.481 e. The first-order valence-corrected chi connectivity index (χ1v) is 8.59. The van der Waals surface area contributed by atoms with Crippen molar-refractivity contribution in [3.8, 4) is 0 Å². The normalized spacial score (nSPS) is 23.3. The molecule has 1 N–H and O–H groups in total. The van der Waals surface area contributed by atoms with E-state index < -0.39 is 16.8 Å². The van der Waals surface area contributed by atoms with Crippen molar-refractivity contribution in [3.63, 3.8) is 0 Å². The molecule has 1 heterocycles. The van der Waals surface area contributed by atoms with Crippen molar-refractivity contribution in [1.82, 2.24) is 4.90 Å². The first kappa shape index (κ1) is 16.9. The average molecular weight is 397 g/mol. The molecule has 8 heteroatoms. The van der Waals surface area contributed by atoms with E-state index in [0.29, 0.717) is 22.5 Å². The van der Waals surface area contributed by atoms with Crippen molar-refractivity contribution in [2.75, 3.05) is 13.1 Å². The zero-order valence-electron chi connectivity index (χ0n) is 12.9. The number of benzene rings is 1. The Morgan fingerprint density at radius 3 is 2.58 bits per heavy atom. The predicted octanol–water partition coefficient (Wildman–Crippen LogP) is 2.47. The summed E-state index contributed by atoms with van der Waals surface area (Å²) in [6, 6.07) is 4.30. The van der Waals surface area contributed by atoms with Gasteiger partial charge in [0.15, 0.2) is 0 Å². The molecule has 24 heavy (non-hydrogen) atoms. The fraction of sp³-hybridized carbons (Fsp3) is 0.500. The van der Waals surface area contributed by atoms with Gasteiger partial charge in [0.1, 0.15) is 0 Å². The van der Waals surface area contributed by atoms with Gasteiger partial charge in [-0.25, -0.2) is 0 Å². The number of nitrogens with zero attached hydrogens (tertiary/aromatic N) is 2. The van der Waals surface area contributed by atoms with Crippen LogP contribution >= 0.6 is 15.9 Å². The number of likely N-dealkylation sites (tertiary alicyclic amines) is 1. The molecule has 1 aromatic rings. The van der Waals surface area contributed by atoms with Crippen molar-refractivity contribution >= 4 is 33.5 Å². The Hall–Kier alpha value is -1.96. The van der Waals surface area contributed by atoms with Gasteiger partial charge in [0.2, 0.25) is 5.91 Å². The lowest BCUT2D eigenvalue weighted by Gasteiger charge is -2.16. The fourth-order valence-electron chi connectivity index (χ4n) is 3.36. The summed E-state index contributed by atoms with van der Waals surface area (Å²) in [7, 11) is 0. The number of carboxylic acid groups (broad SMARTS) is 1. The number of non-ortho nitro benzene ring substituents is 1. The van der Waals surface area contributed by atoms with Gasteiger partial charge in [0, 0.05) is 29.7 Å². The van der Waals surface area contributed by atoms with Crippen LogP contribution in [0.15, 0.2) is 22.7 Å². The number of amides is 1. The molecule has 0 radical (unpaired) electrons. The van der Waals surface area contributed by atoms with Gasteiger partial charge in [-0.2, -0.15) is 0 Å². The van der Waals surface area contributed by atoms with Crippen molar-refractivity contribution in [2.45, 2.75) is 19.3 Å². The lowest BCUT2D eigenvalue weighted by atomic mass is 9.92. The maximum absolute atomic E-state index is 12.5. The number of nitro benzene ring substituents is 1. The van der Waals surface area contributed by atoms with Crippen LogP contribution in [0, 0.1) is 27.9 Å². The molecule has 0 unspecified atom stereocenters. The fourth-order valence-corrected chi connectivity index (χ4v) is 3.87. The molecule has 2 fully saturated rings. The van der Waals surface area contributed by atoms with E-state index in [1.165, 1.54) is 12.1 Å². The van der Waals surface area contributed by atoms with E-state index in [9.17, 15) is 24.8 Å². The van der Waals surface area contributed by atoms with E-state index in [2.05, 4.69) is 15.9 Å². The molecule has 128 valence electrons. The van der Waals surface area contributed by atoms with E-state index in [4.69, 9.17) is 0 Å². The topological polar surface area (TPSA) is 101 Å². The van der Waals surface area contributed by atoms with Gasteiger partial charge in [0.25, 0.3) is 5.69 Å². The Kier molecular flexibility index (Phi) is 4.58. The van der Waals surface area contributed by atoms with Gasteiger partial charge >= 0.3 is 5.97 Å². The van der Waals surface area contributed by atoms with E-state index in [0.717, 1.165) is 12.8 Å². The van der Waals surface area contributed by atoms with Gasteiger partial charge < -0.3 is 10.0 Å². The van der Waals surface area contributed by atoms with Crippen LogP contribution in [-0.2, 0) is 16.0 Å². The molecule has 1 aliphatic carbocycles. The molecule has 1 aliphatic heterocycles. The summed E-state index contributed by atoms with van der Waals surface area (Å²) in [5.74, 6) is -0.985. The summed E-state index contributed by atoms with van der Waals surface area (Å²) < 4.78 is 0.512. The summed E-state index contributed by atoms with van der Waals surface area (Å²) in [4.78, 5) is 35.8. The molecule has 3 rings (SSSR count). The number of hydrogen-bond donors (Lipinski definition) is 1. The number of aliphatic carboxylic acids is 1. The first-order valence-electron chi connectivity index (χ1n) is 7.80. The number of carbonyl (C=O) groups is 2. The van der Waals surface area contributed by atoms with Gasteiger partial charge in [-0.05, 0) is 30.2 Å². The van der Waals surface area contributed by atoms with Crippen molar-refractivity contribution < 1.29 is 19.6 Å². The minimum Gasteiger partial charge on any atom is -0.481 e. The predicted molar refractivity (Wildman–Crippen MR) is 88.4 cm³/mol. The highest BCUT2D eigenvalue weighted by Gasteiger charge is 2.46. The molecule has 0 spiro atoms. The lowest BCUT2D eigenvalue weighted by molar-refractivity contribution is -0.384. The minimum absolute atomic E-state index is 0.0426. The van der Waals surface area contributed by atoms with E-state index in [-0.39, 0.29) is 30.5 Å². The van der Waals surface area contributed by atoms with Crippen molar-refractivity contribution in [3.05, 3.63) is 38.3 Å². The Morgan fingerprint density at radius 2 is 2.04 bits per heavy atom. The molecule has 2 atom stereocenters. The third kappa shape index (κ3) is 3.43. The van der Waals surface area contributed by atoms with Crippen LogP contribution in [0.1, 0.15) is 18.4 Å². The second-order valence-electron chi connectivity index (χ2n) is 6.45. The van der Waals surface area contributed by atoms with Crippen LogP contribution in [0.2, 0.25) is 0 Å². The second kappa shape index (κ2) is 6.51. The lowest BCUT2D eigenvalue weighted by Crippen LogP contribution is -2.31. The Bertz CT molecular complexity index is 704. The number of rotatable bonds is 5. The van der Waals surface area contributed by atoms with Gasteiger partial charge in [-0.1, -0.05) is 22.0 Å². The molecular weight excluding hydrogens is 380 g/mol. The minimum atomic E-state index is -0.835. The number of halogens is 1. The van der Waals surface area contributed by atoms with Gasteiger partial charge in [0.05, 0.1) is 17.3 Å². The molecule has 7 nitrogen and oxygen atoms in total. The number of carbonyl (C=O) groups excluding carboxylic acids is 1. The zero-order chi connectivity index (χ0) is 17.4. The number of nitro groups is 1.